The van der Waals surface area contributed by atoms with Crippen LogP contribution in [0, 0.1) is 5.82 Å². The maximum atomic E-state index is 14.1. The summed E-state index contributed by atoms with van der Waals surface area (Å²) in [5.41, 5.74) is 0.798. The molecule has 0 radical (unpaired) electrons. The SMILES string of the molecule is COc1cc(C=C2SC(=S)N(c3ccccc3F)C2=O)cc(OC)c1OC. The topological polar surface area (TPSA) is 48.0 Å². The van der Waals surface area contributed by atoms with Crippen molar-refractivity contribution in [3.05, 3.63) is 52.7 Å². The van der Waals surface area contributed by atoms with Crippen LogP contribution in [0.15, 0.2) is 41.3 Å². The van der Waals surface area contributed by atoms with Crippen LogP contribution < -0.4 is 19.1 Å². The van der Waals surface area contributed by atoms with Crippen molar-refractivity contribution in [3.63, 3.8) is 0 Å². The molecule has 1 aliphatic rings. The summed E-state index contributed by atoms with van der Waals surface area (Å²) in [5.74, 6) is 0.489. The third kappa shape index (κ3) is 3.63. The molecular weight excluding hydrogens is 389 g/mol. The summed E-state index contributed by atoms with van der Waals surface area (Å²) in [6.45, 7) is 0. The number of methoxy groups -OCH3 is 3. The second-order valence-corrected chi connectivity index (χ2v) is 7.10. The molecule has 1 amide bonds. The van der Waals surface area contributed by atoms with Gasteiger partial charge < -0.3 is 14.2 Å². The lowest BCUT2D eigenvalue weighted by Crippen LogP contribution is -2.28. The van der Waals surface area contributed by atoms with E-state index in [-0.39, 0.29) is 15.9 Å². The van der Waals surface area contributed by atoms with Gasteiger partial charge in [0.25, 0.3) is 5.91 Å². The lowest BCUT2D eigenvalue weighted by molar-refractivity contribution is -0.113. The van der Waals surface area contributed by atoms with Gasteiger partial charge in [0, 0.05) is 0 Å². The minimum Gasteiger partial charge on any atom is -0.493 e. The minimum absolute atomic E-state index is 0.133. The fraction of sp³-hybridized carbons (Fsp3) is 0.158. The van der Waals surface area contributed by atoms with Gasteiger partial charge in [-0.15, -0.1) is 0 Å². The predicted octanol–water partition coefficient (Wildman–Crippen LogP) is 4.26. The average molecular weight is 405 g/mol. The maximum absolute atomic E-state index is 14.1. The van der Waals surface area contributed by atoms with Gasteiger partial charge in [0.05, 0.1) is 31.9 Å². The molecule has 1 aliphatic heterocycles. The molecule has 8 heteroatoms. The Morgan fingerprint density at radius 1 is 1.07 bits per heavy atom. The number of carbonyl (C=O) groups excluding carboxylic acids is 1. The van der Waals surface area contributed by atoms with Gasteiger partial charge in [-0.05, 0) is 35.9 Å². The first-order valence-electron chi connectivity index (χ1n) is 7.82. The molecule has 0 spiro atoms. The molecule has 2 aromatic rings. The number of carbonyl (C=O) groups is 1. The normalized spacial score (nSPS) is 15.4. The summed E-state index contributed by atoms with van der Waals surface area (Å²) in [6, 6.07) is 9.45. The molecule has 0 aromatic heterocycles. The molecule has 0 aliphatic carbocycles. The maximum Gasteiger partial charge on any atom is 0.270 e. The zero-order valence-corrected chi connectivity index (χ0v) is 16.4. The Bertz CT molecular complexity index is 920. The first-order valence-corrected chi connectivity index (χ1v) is 9.05. The molecule has 0 N–H and O–H groups in total. The summed E-state index contributed by atoms with van der Waals surface area (Å²) in [5, 5.41) is 0. The number of anilines is 1. The smallest absolute Gasteiger partial charge is 0.270 e. The molecule has 1 fully saturated rings. The zero-order chi connectivity index (χ0) is 19.6. The quantitative estimate of drug-likeness (QED) is 0.547. The van der Waals surface area contributed by atoms with Crippen molar-refractivity contribution in [1.82, 2.24) is 0 Å². The Kier molecular flexibility index (Phi) is 5.67. The molecule has 1 heterocycles. The van der Waals surface area contributed by atoms with Gasteiger partial charge in [-0.2, -0.15) is 0 Å². The fourth-order valence-electron chi connectivity index (χ4n) is 2.64. The lowest BCUT2D eigenvalue weighted by atomic mass is 10.1. The Balaban J connectivity index is 2.00. The van der Waals surface area contributed by atoms with E-state index in [0.29, 0.717) is 27.7 Å². The van der Waals surface area contributed by atoms with Crippen LogP contribution in [0.2, 0.25) is 0 Å². The van der Waals surface area contributed by atoms with E-state index in [1.54, 1.807) is 30.3 Å². The van der Waals surface area contributed by atoms with Crippen LogP contribution in [0.3, 0.4) is 0 Å². The first kappa shape index (κ1) is 19.2. The number of halogens is 1. The first-order chi connectivity index (χ1) is 13.0. The van der Waals surface area contributed by atoms with Crippen molar-refractivity contribution in [2.45, 2.75) is 0 Å². The van der Waals surface area contributed by atoms with Crippen molar-refractivity contribution in [1.29, 1.82) is 0 Å². The van der Waals surface area contributed by atoms with Crippen LogP contribution in [0.5, 0.6) is 17.2 Å². The Morgan fingerprint density at radius 2 is 1.70 bits per heavy atom. The molecule has 0 bridgehead atoms. The number of hydrogen-bond donors (Lipinski definition) is 0. The molecule has 3 rings (SSSR count). The van der Waals surface area contributed by atoms with Crippen LogP contribution in [0.1, 0.15) is 5.56 Å². The number of rotatable bonds is 5. The van der Waals surface area contributed by atoms with Gasteiger partial charge in [0.2, 0.25) is 5.75 Å². The predicted molar refractivity (Wildman–Crippen MR) is 108 cm³/mol. The molecule has 27 heavy (non-hydrogen) atoms. The molecule has 0 unspecified atom stereocenters. The standard InChI is InChI=1S/C19H16FNO4S2/c1-23-14-8-11(9-15(24-2)17(14)25-3)10-16-18(22)21(19(26)27-16)13-7-5-4-6-12(13)20/h4-10H,1-3H3. The van der Waals surface area contributed by atoms with Crippen LogP contribution in [0.25, 0.3) is 6.08 Å². The van der Waals surface area contributed by atoms with E-state index in [1.165, 1.54) is 38.4 Å². The van der Waals surface area contributed by atoms with E-state index in [2.05, 4.69) is 0 Å². The van der Waals surface area contributed by atoms with Crippen LogP contribution in [-0.4, -0.2) is 31.6 Å². The molecule has 5 nitrogen and oxygen atoms in total. The molecule has 0 saturated carbocycles. The largest absolute Gasteiger partial charge is 0.493 e. The van der Waals surface area contributed by atoms with Crippen molar-refractivity contribution in [2.75, 3.05) is 26.2 Å². The Hall–Kier alpha value is -2.58. The number of nitrogens with zero attached hydrogens (tertiary/aromatic N) is 1. The number of thioether (sulfide) groups is 1. The van der Waals surface area contributed by atoms with E-state index in [1.807, 2.05) is 0 Å². The van der Waals surface area contributed by atoms with E-state index in [9.17, 15) is 9.18 Å². The van der Waals surface area contributed by atoms with Gasteiger partial charge >= 0.3 is 0 Å². The van der Waals surface area contributed by atoms with Crippen LogP contribution in [0.4, 0.5) is 10.1 Å². The van der Waals surface area contributed by atoms with E-state index >= 15 is 0 Å². The number of thiocarbonyl (C=S) groups is 1. The van der Waals surface area contributed by atoms with Gasteiger partial charge in [-0.3, -0.25) is 9.69 Å². The number of hydrogen-bond acceptors (Lipinski definition) is 6. The minimum atomic E-state index is -0.511. The van der Waals surface area contributed by atoms with E-state index in [4.69, 9.17) is 26.4 Å². The Labute approximate surface area is 165 Å². The highest BCUT2D eigenvalue weighted by Gasteiger charge is 2.34. The molecule has 140 valence electrons. The summed E-state index contributed by atoms with van der Waals surface area (Å²) >= 11 is 6.39. The summed E-state index contributed by atoms with van der Waals surface area (Å²) in [6.07, 6.45) is 1.66. The zero-order valence-electron chi connectivity index (χ0n) is 14.8. The van der Waals surface area contributed by atoms with Crippen molar-refractivity contribution in [2.24, 2.45) is 0 Å². The van der Waals surface area contributed by atoms with Crippen molar-refractivity contribution in [3.8, 4) is 17.2 Å². The number of benzene rings is 2. The average Bonchev–Trinajstić information content (AvgIpc) is 2.94. The Morgan fingerprint density at radius 3 is 2.26 bits per heavy atom. The van der Waals surface area contributed by atoms with Gasteiger partial charge in [0.15, 0.2) is 15.8 Å². The number of para-hydroxylation sites is 1. The van der Waals surface area contributed by atoms with E-state index in [0.717, 1.165) is 11.8 Å². The highest BCUT2D eigenvalue weighted by Crippen LogP contribution is 2.41. The highest BCUT2D eigenvalue weighted by atomic mass is 32.2. The van der Waals surface area contributed by atoms with Gasteiger partial charge in [0.1, 0.15) is 5.82 Å². The monoisotopic (exact) mass is 405 g/mol. The molecule has 0 atom stereocenters. The lowest BCUT2D eigenvalue weighted by Gasteiger charge is -2.15. The van der Waals surface area contributed by atoms with Gasteiger partial charge in [-0.25, -0.2) is 4.39 Å². The van der Waals surface area contributed by atoms with Crippen LogP contribution in [-0.2, 0) is 4.79 Å². The third-order valence-electron chi connectivity index (χ3n) is 3.87. The van der Waals surface area contributed by atoms with Crippen LogP contribution >= 0.6 is 24.0 Å². The number of amides is 1. The highest BCUT2D eigenvalue weighted by molar-refractivity contribution is 8.27. The molecule has 1 saturated heterocycles. The molecular formula is C19H16FNO4S2. The van der Waals surface area contributed by atoms with Crippen molar-refractivity contribution >= 4 is 46.0 Å². The fourth-order valence-corrected chi connectivity index (χ4v) is 3.93. The van der Waals surface area contributed by atoms with Crippen molar-refractivity contribution < 1.29 is 23.4 Å². The number of ether oxygens (including phenoxy) is 3. The summed E-state index contributed by atoms with van der Waals surface area (Å²) in [4.78, 5) is 14.4. The summed E-state index contributed by atoms with van der Waals surface area (Å²) < 4.78 is 30.3. The second kappa shape index (κ2) is 7.98. The second-order valence-electron chi connectivity index (χ2n) is 5.43. The summed E-state index contributed by atoms with van der Waals surface area (Å²) in [7, 11) is 4.54. The molecule has 2 aromatic carbocycles. The third-order valence-corrected chi connectivity index (χ3v) is 5.17. The van der Waals surface area contributed by atoms with E-state index < -0.39 is 5.82 Å². The van der Waals surface area contributed by atoms with Gasteiger partial charge in [-0.1, -0.05) is 36.1 Å².